The van der Waals surface area contributed by atoms with Gasteiger partial charge in [0.1, 0.15) is 11.3 Å². The van der Waals surface area contributed by atoms with E-state index in [0.29, 0.717) is 18.7 Å². The molecular formula is C15H19N5O2S. The average molecular weight is 333 g/mol. The molecule has 1 aliphatic carbocycles. The summed E-state index contributed by atoms with van der Waals surface area (Å²) in [7, 11) is -3.04. The molecule has 1 saturated carbocycles. The van der Waals surface area contributed by atoms with Gasteiger partial charge in [0.15, 0.2) is 5.65 Å². The predicted octanol–water partition coefficient (Wildman–Crippen LogP) is 1.39. The van der Waals surface area contributed by atoms with Crippen molar-refractivity contribution in [3.05, 3.63) is 24.5 Å². The fourth-order valence-electron chi connectivity index (χ4n) is 2.98. The first-order valence-corrected chi connectivity index (χ1v) is 9.46. The van der Waals surface area contributed by atoms with Crippen molar-refractivity contribution >= 4 is 27.0 Å². The van der Waals surface area contributed by atoms with Gasteiger partial charge < -0.3 is 5.32 Å². The highest BCUT2D eigenvalue weighted by atomic mass is 32.2. The molecule has 2 aliphatic rings. The number of nitrogens with one attached hydrogen (secondary N) is 1. The molecule has 23 heavy (non-hydrogen) atoms. The zero-order valence-corrected chi connectivity index (χ0v) is 13.5. The number of anilines is 1. The van der Waals surface area contributed by atoms with Crippen LogP contribution in [0.5, 0.6) is 0 Å². The number of fused-ring (bicyclic) bond motifs is 1. The number of rotatable bonds is 4. The van der Waals surface area contributed by atoms with Crippen molar-refractivity contribution in [2.24, 2.45) is 0 Å². The van der Waals surface area contributed by atoms with Crippen LogP contribution in [0.3, 0.4) is 0 Å². The normalized spacial score (nSPS) is 20.7. The summed E-state index contributed by atoms with van der Waals surface area (Å²) in [6.45, 7) is 1.17. The van der Waals surface area contributed by atoms with Crippen LogP contribution in [0.15, 0.2) is 24.5 Å². The van der Waals surface area contributed by atoms with E-state index in [1.807, 2.05) is 12.1 Å². The lowest BCUT2D eigenvalue weighted by molar-refractivity contribution is 0.329. The number of hydrogen-bond donors (Lipinski definition) is 1. The number of pyridine rings is 1. The van der Waals surface area contributed by atoms with Gasteiger partial charge in [-0.2, -0.15) is 0 Å². The molecule has 1 saturated heterocycles. The number of nitrogens with zero attached hydrogens (tertiary/aromatic N) is 4. The van der Waals surface area contributed by atoms with Crippen molar-refractivity contribution in [3.8, 4) is 0 Å². The smallest absolute Gasteiger partial charge is 0.216 e. The summed E-state index contributed by atoms with van der Waals surface area (Å²) in [5.74, 6) is 0.765. The maximum atomic E-state index is 12.2. The summed E-state index contributed by atoms with van der Waals surface area (Å²) < 4.78 is 26.1. The first-order valence-electron chi connectivity index (χ1n) is 7.96. The lowest BCUT2D eigenvalue weighted by Gasteiger charge is -2.31. The quantitative estimate of drug-likeness (QED) is 0.910. The van der Waals surface area contributed by atoms with Crippen molar-refractivity contribution in [1.29, 1.82) is 0 Å². The standard InChI is InChI=1S/C15H19N5O2S/c21-23(22,12-1-2-12)20-9-5-11(6-10-20)18-14-4-3-13-15(19-14)17-8-7-16-13/h3-4,7-8,11-12H,1-2,5-6,9-10H2,(H,17,18,19). The lowest BCUT2D eigenvalue weighted by atomic mass is 10.1. The summed E-state index contributed by atoms with van der Waals surface area (Å²) >= 11 is 0. The zero-order chi connectivity index (χ0) is 15.9. The van der Waals surface area contributed by atoms with Gasteiger partial charge in [-0.3, -0.25) is 4.98 Å². The molecule has 2 fully saturated rings. The first kappa shape index (κ1) is 14.8. The molecule has 1 aliphatic heterocycles. The molecule has 3 heterocycles. The summed E-state index contributed by atoms with van der Waals surface area (Å²) in [6.07, 6.45) is 6.51. The van der Waals surface area contributed by atoms with Crippen LogP contribution in [-0.4, -0.2) is 52.1 Å². The molecule has 2 aromatic rings. The van der Waals surface area contributed by atoms with Crippen LogP contribution in [-0.2, 0) is 10.0 Å². The van der Waals surface area contributed by atoms with E-state index in [1.54, 1.807) is 16.7 Å². The molecule has 7 nitrogen and oxygen atoms in total. The zero-order valence-electron chi connectivity index (χ0n) is 12.7. The Bertz CT molecular complexity index is 813. The Labute approximate surface area is 135 Å². The molecule has 2 aromatic heterocycles. The predicted molar refractivity (Wildman–Crippen MR) is 87.5 cm³/mol. The van der Waals surface area contributed by atoms with E-state index in [0.717, 1.165) is 37.0 Å². The Morgan fingerprint density at radius 1 is 1.04 bits per heavy atom. The van der Waals surface area contributed by atoms with Crippen molar-refractivity contribution < 1.29 is 8.42 Å². The Kier molecular flexibility index (Phi) is 3.65. The van der Waals surface area contributed by atoms with Crippen LogP contribution in [0.1, 0.15) is 25.7 Å². The minimum atomic E-state index is -3.04. The monoisotopic (exact) mass is 333 g/mol. The van der Waals surface area contributed by atoms with Crippen LogP contribution in [0.4, 0.5) is 5.82 Å². The second-order valence-corrected chi connectivity index (χ2v) is 8.37. The van der Waals surface area contributed by atoms with Gasteiger partial charge in [0.2, 0.25) is 10.0 Å². The number of piperidine rings is 1. The third-order valence-electron chi connectivity index (χ3n) is 4.44. The van der Waals surface area contributed by atoms with Crippen LogP contribution in [0, 0.1) is 0 Å². The molecule has 122 valence electrons. The van der Waals surface area contributed by atoms with Crippen LogP contribution in [0.2, 0.25) is 0 Å². The summed E-state index contributed by atoms with van der Waals surface area (Å²) in [5.41, 5.74) is 1.38. The molecule has 0 aromatic carbocycles. The molecule has 0 spiro atoms. The maximum Gasteiger partial charge on any atom is 0.216 e. The Hall–Kier alpha value is -1.80. The van der Waals surface area contributed by atoms with Gasteiger partial charge >= 0.3 is 0 Å². The van der Waals surface area contributed by atoms with E-state index < -0.39 is 10.0 Å². The van der Waals surface area contributed by atoms with Crippen LogP contribution >= 0.6 is 0 Å². The Morgan fingerprint density at radius 3 is 2.52 bits per heavy atom. The molecule has 8 heteroatoms. The fourth-order valence-corrected chi connectivity index (χ4v) is 4.85. The average Bonchev–Trinajstić information content (AvgIpc) is 3.41. The van der Waals surface area contributed by atoms with Gasteiger partial charge in [-0.25, -0.2) is 22.7 Å². The van der Waals surface area contributed by atoms with Gasteiger partial charge in [-0.1, -0.05) is 0 Å². The van der Waals surface area contributed by atoms with E-state index in [-0.39, 0.29) is 11.3 Å². The summed E-state index contributed by atoms with van der Waals surface area (Å²) in [6, 6.07) is 4.02. The highest BCUT2D eigenvalue weighted by molar-refractivity contribution is 7.90. The second kappa shape index (κ2) is 5.68. The SMILES string of the molecule is O=S(=O)(C1CC1)N1CCC(Nc2ccc3nccnc3n2)CC1. The van der Waals surface area contributed by atoms with E-state index in [1.165, 1.54) is 0 Å². The number of aromatic nitrogens is 3. The molecule has 1 N–H and O–H groups in total. The van der Waals surface area contributed by atoms with Crippen molar-refractivity contribution in [1.82, 2.24) is 19.3 Å². The van der Waals surface area contributed by atoms with E-state index in [4.69, 9.17) is 0 Å². The lowest BCUT2D eigenvalue weighted by Crippen LogP contribution is -2.43. The van der Waals surface area contributed by atoms with E-state index in [2.05, 4.69) is 20.3 Å². The molecule has 0 unspecified atom stereocenters. The molecule has 4 rings (SSSR count). The first-order chi connectivity index (χ1) is 11.1. The highest BCUT2D eigenvalue weighted by Crippen LogP contribution is 2.32. The number of hydrogen-bond acceptors (Lipinski definition) is 6. The molecular weight excluding hydrogens is 314 g/mol. The Balaban J connectivity index is 1.40. The molecule has 0 amide bonds. The molecule has 0 radical (unpaired) electrons. The van der Waals surface area contributed by atoms with Gasteiger partial charge in [0.25, 0.3) is 0 Å². The van der Waals surface area contributed by atoms with Crippen molar-refractivity contribution in [3.63, 3.8) is 0 Å². The van der Waals surface area contributed by atoms with Gasteiger partial charge in [-0.05, 0) is 37.8 Å². The minimum absolute atomic E-state index is 0.118. The third kappa shape index (κ3) is 3.00. The summed E-state index contributed by atoms with van der Waals surface area (Å²) in [5, 5.41) is 3.27. The van der Waals surface area contributed by atoms with Crippen LogP contribution < -0.4 is 5.32 Å². The second-order valence-electron chi connectivity index (χ2n) is 6.16. The van der Waals surface area contributed by atoms with Gasteiger partial charge in [-0.15, -0.1) is 0 Å². The third-order valence-corrected chi connectivity index (χ3v) is 6.84. The molecule has 0 bridgehead atoms. The van der Waals surface area contributed by atoms with Crippen molar-refractivity contribution in [2.75, 3.05) is 18.4 Å². The van der Waals surface area contributed by atoms with Gasteiger partial charge in [0.05, 0.1) is 5.25 Å². The topological polar surface area (TPSA) is 88.1 Å². The van der Waals surface area contributed by atoms with E-state index >= 15 is 0 Å². The van der Waals surface area contributed by atoms with E-state index in [9.17, 15) is 8.42 Å². The maximum absolute atomic E-state index is 12.2. The summed E-state index contributed by atoms with van der Waals surface area (Å²) in [4.78, 5) is 12.9. The number of sulfonamides is 1. The van der Waals surface area contributed by atoms with Crippen molar-refractivity contribution in [2.45, 2.75) is 37.0 Å². The fraction of sp³-hybridized carbons (Fsp3) is 0.533. The molecule has 0 atom stereocenters. The Morgan fingerprint density at radius 2 is 1.78 bits per heavy atom. The minimum Gasteiger partial charge on any atom is -0.367 e. The van der Waals surface area contributed by atoms with Gasteiger partial charge in [0, 0.05) is 31.5 Å². The largest absolute Gasteiger partial charge is 0.367 e. The highest BCUT2D eigenvalue weighted by Gasteiger charge is 2.41. The van der Waals surface area contributed by atoms with Crippen LogP contribution in [0.25, 0.3) is 11.2 Å².